The maximum Gasteiger partial charge on any atom is 0.248 e. The zero-order valence-electron chi connectivity index (χ0n) is 12.3. The van der Waals surface area contributed by atoms with Crippen LogP contribution in [0.2, 0.25) is 0 Å². The Morgan fingerprint density at radius 3 is 2.82 bits per heavy atom. The third-order valence-corrected chi connectivity index (χ3v) is 3.38. The summed E-state index contributed by atoms with van der Waals surface area (Å²) < 4.78 is 0. The number of fused-ring (bicyclic) bond motifs is 1. The number of benzene rings is 2. The molecule has 22 heavy (non-hydrogen) atoms. The highest BCUT2D eigenvalue weighted by atomic mass is 16.1. The van der Waals surface area contributed by atoms with Gasteiger partial charge in [0.05, 0.1) is 11.2 Å². The standard InChI is InChI=1S/C19H16N2O/c1-14-5-4-6-15(13-14)9-10-19(22)21-18-11-12-20-17-8-3-2-7-16(17)18/h2-13H,1H3,(H,20,21,22)/b10-9+. The highest BCUT2D eigenvalue weighted by molar-refractivity contribution is 6.06. The lowest BCUT2D eigenvalue weighted by Crippen LogP contribution is -2.08. The van der Waals surface area contributed by atoms with Crippen molar-refractivity contribution in [2.75, 3.05) is 5.32 Å². The molecular formula is C19H16N2O. The smallest absolute Gasteiger partial charge is 0.248 e. The number of carbonyl (C=O) groups excluding carboxylic acids is 1. The number of aryl methyl sites for hydroxylation is 1. The van der Waals surface area contributed by atoms with Crippen LogP contribution in [0.15, 0.2) is 66.9 Å². The van der Waals surface area contributed by atoms with Gasteiger partial charge in [0.1, 0.15) is 0 Å². The second-order valence-electron chi connectivity index (χ2n) is 5.11. The number of nitrogens with zero attached hydrogens (tertiary/aromatic N) is 1. The highest BCUT2D eigenvalue weighted by Crippen LogP contribution is 2.20. The van der Waals surface area contributed by atoms with Crippen molar-refractivity contribution in [2.45, 2.75) is 6.92 Å². The molecule has 0 atom stereocenters. The molecule has 1 heterocycles. The highest BCUT2D eigenvalue weighted by Gasteiger charge is 2.03. The van der Waals surface area contributed by atoms with E-state index in [1.807, 2.05) is 61.5 Å². The average Bonchev–Trinajstić information content (AvgIpc) is 2.53. The van der Waals surface area contributed by atoms with Crippen molar-refractivity contribution in [1.82, 2.24) is 4.98 Å². The zero-order chi connectivity index (χ0) is 15.4. The van der Waals surface area contributed by atoms with Crippen LogP contribution in [-0.4, -0.2) is 10.9 Å². The van der Waals surface area contributed by atoms with E-state index in [9.17, 15) is 4.79 Å². The summed E-state index contributed by atoms with van der Waals surface area (Å²) in [5.74, 6) is -0.155. The minimum Gasteiger partial charge on any atom is -0.322 e. The Morgan fingerprint density at radius 2 is 1.95 bits per heavy atom. The van der Waals surface area contributed by atoms with Crippen molar-refractivity contribution in [2.24, 2.45) is 0 Å². The van der Waals surface area contributed by atoms with Crippen LogP contribution in [0.4, 0.5) is 5.69 Å². The molecule has 3 rings (SSSR count). The van der Waals surface area contributed by atoms with E-state index < -0.39 is 0 Å². The van der Waals surface area contributed by atoms with E-state index in [-0.39, 0.29) is 5.91 Å². The third kappa shape index (κ3) is 3.20. The number of pyridine rings is 1. The summed E-state index contributed by atoms with van der Waals surface area (Å²) in [6.45, 7) is 2.03. The number of para-hydroxylation sites is 1. The van der Waals surface area contributed by atoms with Gasteiger partial charge in [-0.1, -0.05) is 48.0 Å². The van der Waals surface area contributed by atoms with E-state index in [2.05, 4.69) is 10.3 Å². The first-order valence-electron chi connectivity index (χ1n) is 7.12. The molecule has 0 aliphatic carbocycles. The lowest BCUT2D eigenvalue weighted by Gasteiger charge is -2.06. The van der Waals surface area contributed by atoms with Crippen LogP contribution in [0.25, 0.3) is 17.0 Å². The van der Waals surface area contributed by atoms with Crippen LogP contribution in [0, 0.1) is 6.92 Å². The van der Waals surface area contributed by atoms with E-state index in [0.717, 1.165) is 22.2 Å². The van der Waals surface area contributed by atoms with Gasteiger partial charge in [-0.3, -0.25) is 9.78 Å². The maximum atomic E-state index is 12.1. The number of aromatic nitrogens is 1. The first-order valence-corrected chi connectivity index (χ1v) is 7.12. The molecule has 2 aromatic carbocycles. The first kappa shape index (κ1) is 14.0. The summed E-state index contributed by atoms with van der Waals surface area (Å²) >= 11 is 0. The molecule has 3 heteroatoms. The molecule has 1 amide bonds. The van der Waals surface area contributed by atoms with Gasteiger partial charge in [0.2, 0.25) is 5.91 Å². The quantitative estimate of drug-likeness (QED) is 0.734. The van der Waals surface area contributed by atoms with Crippen molar-refractivity contribution >= 4 is 28.6 Å². The van der Waals surface area contributed by atoms with Gasteiger partial charge in [-0.15, -0.1) is 0 Å². The fourth-order valence-corrected chi connectivity index (χ4v) is 2.32. The Labute approximate surface area is 129 Å². The van der Waals surface area contributed by atoms with Crippen LogP contribution in [-0.2, 0) is 4.79 Å². The molecule has 0 unspecified atom stereocenters. The van der Waals surface area contributed by atoms with Gasteiger partial charge in [-0.05, 0) is 30.7 Å². The minimum atomic E-state index is -0.155. The molecular weight excluding hydrogens is 272 g/mol. The van der Waals surface area contributed by atoms with Crippen molar-refractivity contribution in [3.63, 3.8) is 0 Å². The van der Waals surface area contributed by atoms with Crippen molar-refractivity contribution in [3.05, 3.63) is 78.0 Å². The molecule has 1 N–H and O–H groups in total. The fourth-order valence-electron chi connectivity index (χ4n) is 2.32. The SMILES string of the molecule is Cc1cccc(/C=C/C(=O)Nc2ccnc3ccccc23)c1. The molecule has 0 saturated heterocycles. The minimum absolute atomic E-state index is 0.155. The van der Waals surface area contributed by atoms with Gasteiger partial charge in [0.25, 0.3) is 0 Å². The lowest BCUT2D eigenvalue weighted by atomic mass is 10.1. The number of hydrogen-bond donors (Lipinski definition) is 1. The summed E-state index contributed by atoms with van der Waals surface area (Å²) in [6, 6.07) is 17.5. The topological polar surface area (TPSA) is 42.0 Å². The monoisotopic (exact) mass is 288 g/mol. The van der Waals surface area contributed by atoms with Gasteiger partial charge in [0.15, 0.2) is 0 Å². The van der Waals surface area contributed by atoms with Crippen molar-refractivity contribution in [3.8, 4) is 0 Å². The molecule has 3 nitrogen and oxygen atoms in total. The summed E-state index contributed by atoms with van der Waals surface area (Å²) in [4.78, 5) is 16.4. The number of hydrogen-bond acceptors (Lipinski definition) is 2. The molecule has 3 aromatic rings. The van der Waals surface area contributed by atoms with Crippen LogP contribution in [0.1, 0.15) is 11.1 Å². The number of amides is 1. The molecule has 0 aliphatic rings. The van der Waals surface area contributed by atoms with E-state index in [1.54, 1.807) is 18.3 Å². The van der Waals surface area contributed by atoms with Crippen LogP contribution >= 0.6 is 0 Å². The third-order valence-electron chi connectivity index (χ3n) is 3.38. The predicted octanol–water partition coefficient (Wildman–Crippen LogP) is 4.20. The Kier molecular flexibility index (Phi) is 3.97. The van der Waals surface area contributed by atoms with Crippen LogP contribution in [0.5, 0.6) is 0 Å². The molecule has 1 aromatic heterocycles. The van der Waals surface area contributed by atoms with E-state index in [4.69, 9.17) is 0 Å². The largest absolute Gasteiger partial charge is 0.322 e. The molecule has 108 valence electrons. The van der Waals surface area contributed by atoms with E-state index in [0.29, 0.717) is 0 Å². The number of carbonyl (C=O) groups is 1. The van der Waals surface area contributed by atoms with Gasteiger partial charge in [0, 0.05) is 17.7 Å². The van der Waals surface area contributed by atoms with Crippen molar-refractivity contribution in [1.29, 1.82) is 0 Å². The second-order valence-corrected chi connectivity index (χ2v) is 5.11. The maximum absolute atomic E-state index is 12.1. The summed E-state index contributed by atoms with van der Waals surface area (Å²) in [5.41, 5.74) is 3.81. The molecule has 0 fully saturated rings. The zero-order valence-corrected chi connectivity index (χ0v) is 12.3. The van der Waals surface area contributed by atoms with E-state index >= 15 is 0 Å². The lowest BCUT2D eigenvalue weighted by molar-refractivity contribution is -0.111. The Balaban J connectivity index is 1.79. The van der Waals surface area contributed by atoms with E-state index in [1.165, 1.54) is 5.56 Å². The Bertz CT molecular complexity index is 847. The fraction of sp³-hybridized carbons (Fsp3) is 0.0526. The normalized spacial score (nSPS) is 11.0. The summed E-state index contributed by atoms with van der Waals surface area (Å²) in [5, 5.41) is 3.84. The Morgan fingerprint density at radius 1 is 1.09 bits per heavy atom. The van der Waals surface area contributed by atoms with Gasteiger partial charge < -0.3 is 5.32 Å². The summed E-state index contributed by atoms with van der Waals surface area (Å²) in [7, 11) is 0. The molecule has 0 aliphatic heterocycles. The number of nitrogens with one attached hydrogen (secondary N) is 1. The van der Waals surface area contributed by atoms with Crippen LogP contribution in [0.3, 0.4) is 0 Å². The van der Waals surface area contributed by atoms with Gasteiger partial charge in [-0.2, -0.15) is 0 Å². The Hall–Kier alpha value is -2.94. The van der Waals surface area contributed by atoms with Crippen LogP contribution < -0.4 is 5.32 Å². The summed E-state index contributed by atoms with van der Waals surface area (Å²) in [6.07, 6.45) is 5.05. The van der Waals surface area contributed by atoms with Crippen molar-refractivity contribution < 1.29 is 4.79 Å². The average molecular weight is 288 g/mol. The second kappa shape index (κ2) is 6.22. The predicted molar refractivity (Wildman–Crippen MR) is 90.6 cm³/mol. The first-order chi connectivity index (χ1) is 10.7. The number of anilines is 1. The van der Waals surface area contributed by atoms with Gasteiger partial charge >= 0.3 is 0 Å². The molecule has 0 bridgehead atoms. The van der Waals surface area contributed by atoms with Gasteiger partial charge in [-0.25, -0.2) is 0 Å². The molecule has 0 radical (unpaired) electrons. The molecule has 0 saturated carbocycles. The molecule has 0 spiro atoms. The number of rotatable bonds is 3.